The van der Waals surface area contributed by atoms with Crippen LogP contribution in [0.15, 0.2) is 0 Å². The first-order valence-electron chi connectivity index (χ1n) is 30.4. The standard InChI is InChI=1S/C12H26.C11H24.C10H22.2C8H18.C6H14.C4H10O.C3H6O.C2H6O/c1-4-6-8-10-12(3)11-9-7-5-2;1-5-6-7-8-11(4)9-10(2)3;1-4-6-7-9-10(3)8-5-2;1-4-5-6-7-8(2)3;1-4-6-8(3)7-5-2;1-4-5-6(2)3;1-2-3-4-5;1-3(2)4;1-2-3/h12H,4-11H2,1-3H3;10-11H,5-9H2,1-4H3;10H,4-9H2,1-3H3;2*8H,4-7H2,1-3H3;6H,4-5H2,1-3H3;5H,2-4H2,1H3;1-2H3;3H,2H2,1H3. The molecule has 0 rings (SSSR count). The van der Waals surface area contributed by atoms with Gasteiger partial charge < -0.3 is 15.0 Å². The average Bonchev–Trinajstić information content (AvgIpc) is 3.23. The van der Waals surface area contributed by atoms with E-state index >= 15 is 0 Å². The van der Waals surface area contributed by atoms with Gasteiger partial charge in [0.25, 0.3) is 0 Å². The molecule has 2 unspecified atom stereocenters. The number of hydrogen-bond acceptors (Lipinski definition) is 3. The summed E-state index contributed by atoms with van der Waals surface area (Å²) in [6.07, 6.45) is 42.8. The normalized spacial score (nSPS) is 11.0. The Morgan fingerprint density at radius 3 is 0.701 bits per heavy atom. The zero-order chi connectivity index (χ0) is 54.0. The number of ketones is 1. The molecule has 0 spiro atoms. The Labute approximate surface area is 432 Å². The Bertz CT molecular complexity index is 694. The SMILES string of the molecule is CC(C)=O.CCCC(C)C.CCCC(C)CCC.CCCCCC(C)C.CCCCCC(C)CC(C)C.CCCCCC(C)CCC.CCCCCC(C)CCCCC.CCCCO.CCO. The molecule has 0 amide bonds. The second kappa shape index (κ2) is 85.4. The van der Waals surface area contributed by atoms with Crippen molar-refractivity contribution >= 4 is 5.78 Å². The summed E-state index contributed by atoms with van der Waals surface area (Å²) in [5.41, 5.74) is 0. The number of carbonyl (C=O) groups is 1. The van der Waals surface area contributed by atoms with Crippen LogP contribution in [0, 0.1) is 41.4 Å². The van der Waals surface area contributed by atoms with Crippen LogP contribution in [0.2, 0.25) is 0 Å². The molecule has 0 heterocycles. The van der Waals surface area contributed by atoms with Crippen molar-refractivity contribution in [3.05, 3.63) is 0 Å². The molecule has 3 nitrogen and oxygen atoms in total. The van der Waals surface area contributed by atoms with Crippen LogP contribution < -0.4 is 0 Å². The van der Waals surface area contributed by atoms with E-state index in [1.54, 1.807) is 6.92 Å². The molecule has 3 heteroatoms. The smallest absolute Gasteiger partial charge is 0.126 e. The lowest BCUT2D eigenvalue weighted by Gasteiger charge is -2.12. The van der Waals surface area contributed by atoms with Gasteiger partial charge in [-0.05, 0) is 75.0 Å². The fourth-order valence-electron chi connectivity index (χ4n) is 7.34. The first kappa shape index (κ1) is 86.4. The van der Waals surface area contributed by atoms with Gasteiger partial charge in [-0.2, -0.15) is 0 Å². The van der Waals surface area contributed by atoms with Crippen LogP contribution in [0.3, 0.4) is 0 Å². The van der Waals surface area contributed by atoms with E-state index in [1.165, 1.54) is 200 Å². The number of hydrogen-bond donors (Lipinski definition) is 2. The highest BCUT2D eigenvalue weighted by Crippen LogP contribution is 2.18. The number of rotatable bonds is 32. The monoisotopic (exact) mass is 961 g/mol. The first-order valence-corrected chi connectivity index (χ1v) is 30.4. The lowest BCUT2D eigenvalue weighted by Crippen LogP contribution is -1.99. The quantitative estimate of drug-likeness (QED) is 0.0661. The topological polar surface area (TPSA) is 57.5 Å². The fourth-order valence-corrected chi connectivity index (χ4v) is 7.34. The minimum atomic E-state index is 0.167. The van der Waals surface area contributed by atoms with Crippen molar-refractivity contribution in [1.29, 1.82) is 0 Å². The van der Waals surface area contributed by atoms with Gasteiger partial charge in [-0.25, -0.2) is 0 Å². The molecule has 2 N–H and O–H groups in total. The lowest BCUT2D eigenvalue weighted by atomic mass is 9.94. The third-order valence-electron chi connectivity index (χ3n) is 11.2. The van der Waals surface area contributed by atoms with E-state index in [-0.39, 0.29) is 12.4 Å². The van der Waals surface area contributed by atoms with Crippen LogP contribution in [0.1, 0.15) is 358 Å². The van der Waals surface area contributed by atoms with Gasteiger partial charge in [0.05, 0.1) is 0 Å². The van der Waals surface area contributed by atoms with Gasteiger partial charge in [-0.15, -0.1) is 0 Å². The summed E-state index contributed by atoms with van der Waals surface area (Å²) in [5, 5.41) is 15.6. The molecular formula is C64H144O3. The fraction of sp³-hybridized carbons (Fsp3) is 0.984. The zero-order valence-electron chi connectivity index (χ0n) is 52.2. The van der Waals surface area contributed by atoms with Gasteiger partial charge in [-0.1, -0.05) is 325 Å². The van der Waals surface area contributed by atoms with E-state index in [2.05, 4.69) is 138 Å². The third kappa shape index (κ3) is 146. The van der Waals surface area contributed by atoms with E-state index in [0.29, 0.717) is 6.61 Å². The molecular weight excluding hydrogens is 817 g/mol. The second-order valence-electron chi connectivity index (χ2n) is 21.8. The number of unbranched alkanes of at least 4 members (excludes halogenated alkanes) is 11. The van der Waals surface area contributed by atoms with Crippen molar-refractivity contribution in [1.82, 2.24) is 0 Å². The Morgan fingerprint density at radius 2 is 0.522 bits per heavy atom. The summed E-state index contributed by atoms with van der Waals surface area (Å²) in [7, 11) is 0. The van der Waals surface area contributed by atoms with E-state index in [1.807, 2.05) is 0 Å². The third-order valence-corrected chi connectivity index (χ3v) is 11.2. The summed E-state index contributed by atoms with van der Waals surface area (Å²) in [6.45, 7) is 51.0. The van der Waals surface area contributed by atoms with E-state index < -0.39 is 0 Å². The molecule has 0 radical (unpaired) electrons. The minimum Gasteiger partial charge on any atom is -0.397 e. The van der Waals surface area contributed by atoms with Gasteiger partial charge in [0, 0.05) is 13.2 Å². The first-order chi connectivity index (χ1) is 31.7. The highest BCUT2D eigenvalue weighted by Gasteiger charge is 2.04. The lowest BCUT2D eigenvalue weighted by molar-refractivity contribution is -0.115. The Morgan fingerprint density at radius 1 is 0.299 bits per heavy atom. The molecule has 0 aromatic carbocycles. The van der Waals surface area contributed by atoms with Crippen LogP contribution in [-0.2, 0) is 4.79 Å². The molecule has 0 saturated heterocycles. The summed E-state index contributed by atoms with van der Waals surface area (Å²) in [4.78, 5) is 9.44. The summed E-state index contributed by atoms with van der Waals surface area (Å²) in [5.74, 6) is 6.70. The van der Waals surface area contributed by atoms with Gasteiger partial charge >= 0.3 is 0 Å². The van der Waals surface area contributed by atoms with Crippen LogP contribution in [0.5, 0.6) is 0 Å². The molecule has 0 bridgehead atoms. The second-order valence-corrected chi connectivity index (χ2v) is 21.8. The number of aliphatic hydroxyl groups is 2. The van der Waals surface area contributed by atoms with Crippen molar-refractivity contribution in [3.63, 3.8) is 0 Å². The maximum Gasteiger partial charge on any atom is 0.126 e. The van der Waals surface area contributed by atoms with Crippen LogP contribution in [0.4, 0.5) is 0 Å². The predicted octanol–water partition coefficient (Wildman–Crippen LogP) is 23.3. The van der Waals surface area contributed by atoms with Gasteiger partial charge in [0.2, 0.25) is 0 Å². The Balaban J connectivity index is -0.0000000828. The Hall–Kier alpha value is -0.410. The van der Waals surface area contributed by atoms with Crippen molar-refractivity contribution in [2.45, 2.75) is 358 Å². The maximum atomic E-state index is 9.44. The van der Waals surface area contributed by atoms with Crippen LogP contribution in [0.25, 0.3) is 0 Å². The highest BCUT2D eigenvalue weighted by molar-refractivity contribution is 5.72. The molecule has 67 heavy (non-hydrogen) atoms. The number of aliphatic hydroxyl groups excluding tert-OH is 2. The number of Topliss-reactive ketones (excluding diaryl/α,β-unsaturated/α-hetero) is 1. The molecule has 0 aromatic rings. The summed E-state index contributed by atoms with van der Waals surface area (Å²) >= 11 is 0. The highest BCUT2D eigenvalue weighted by atomic mass is 16.3. The predicted molar refractivity (Wildman–Crippen MR) is 317 cm³/mol. The van der Waals surface area contributed by atoms with Crippen LogP contribution in [-0.4, -0.2) is 29.2 Å². The van der Waals surface area contributed by atoms with E-state index in [4.69, 9.17) is 10.2 Å². The van der Waals surface area contributed by atoms with Crippen molar-refractivity contribution in [3.8, 4) is 0 Å². The molecule has 0 saturated carbocycles. The molecule has 418 valence electrons. The largest absolute Gasteiger partial charge is 0.397 e. The van der Waals surface area contributed by atoms with Crippen LogP contribution >= 0.6 is 0 Å². The molecule has 0 aromatic heterocycles. The maximum absolute atomic E-state index is 9.44. The van der Waals surface area contributed by atoms with E-state index in [0.717, 1.165) is 54.3 Å². The molecule has 0 fully saturated rings. The number of carbonyl (C=O) groups excluding carboxylic acids is 1. The summed E-state index contributed by atoms with van der Waals surface area (Å²) in [6, 6.07) is 0. The van der Waals surface area contributed by atoms with Gasteiger partial charge in [-0.3, -0.25) is 0 Å². The summed E-state index contributed by atoms with van der Waals surface area (Å²) < 4.78 is 0. The minimum absolute atomic E-state index is 0.167. The van der Waals surface area contributed by atoms with Gasteiger partial charge in [0.1, 0.15) is 5.78 Å². The average molecular weight is 962 g/mol. The molecule has 0 aliphatic carbocycles. The van der Waals surface area contributed by atoms with E-state index in [9.17, 15) is 4.79 Å². The zero-order valence-corrected chi connectivity index (χ0v) is 52.2. The molecule has 0 aliphatic heterocycles. The van der Waals surface area contributed by atoms with Crippen molar-refractivity contribution in [2.75, 3.05) is 13.2 Å². The van der Waals surface area contributed by atoms with Gasteiger partial charge in [0.15, 0.2) is 0 Å². The molecule has 2 atom stereocenters. The molecule has 0 aliphatic rings. The van der Waals surface area contributed by atoms with Crippen molar-refractivity contribution < 1.29 is 15.0 Å². The van der Waals surface area contributed by atoms with Crippen molar-refractivity contribution in [2.24, 2.45) is 41.4 Å². The Kier molecular flexibility index (Phi) is 110.